The highest BCUT2D eigenvalue weighted by atomic mass is 28.3. The minimum absolute atomic E-state index is 0.205. The molecule has 1 nitrogen and oxygen atoms in total. The summed E-state index contributed by atoms with van der Waals surface area (Å²) in [5.74, 6) is 0. The molecule has 0 saturated heterocycles. The fourth-order valence-electron chi connectivity index (χ4n) is 1.46. The van der Waals surface area contributed by atoms with Gasteiger partial charge in [-0.15, -0.1) is 0 Å². The van der Waals surface area contributed by atoms with Crippen LogP contribution in [-0.4, -0.2) is 19.8 Å². The Labute approximate surface area is 94.9 Å². The maximum atomic E-state index is 8.72. The molecular weight excluding hydrogens is 200 g/mol. The first-order valence-corrected chi connectivity index (χ1v) is 8.42. The SMILES string of the molecule is [2H]/C(=C/CCCO)[Si](C)(C)c1ccccc1. The third-order valence-corrected chi connectivity index (χ3v) is 5.17. The molecule has 0 unspecified atom stereocenters. The molecule has 0 heterocycles. The highest BCUT2D eigenvalue weighted by Crippen LogP contribution is 2.06. The summed E-state index contributed by atoms with van der Waals surface area (Å²) in [6, 6.07) is 10.3. The van der Waals surface area contributed by atoms with Crippen molar-refractivity contribution in [2.45, 2.75) is 25.9 Å². The van der Waals surface area contributed by atoms with Gasteiger partial charge in [-0.25, -0.2) is 0 Å². The average Bonchev–Trinajstić information content (AvgIpc) is 2.30. The molecular formula is C13H20OSi. The van der Waals surface area contributed by atoms with Crippen molar-refractivity contribution < 1.29 is 6.48 Å². The molecule has 1 aromatic carbocycles. The molecule has 0 fully saturated rings. The van der Waals surface area contributed by atoms with Gasteiger partial charge in [0.25, 0.3) is 0 Å². The van der Waals surface area contributed by atoms with Crippen LogP contribution in [0.3, 0.4) is 0 Å². The summed E-state index contributed by atoms with van der Waals surface area (Å²) >= 11 is 0. The van der Waals surface area contributed by atoms with Gasteiger partial charge in [0.15, 0.2) is 0 Å². The van der Waals surface area contributed by atoms with Gasteiger partial charge in [0.2, 0.25) is 0 Å². The molecule has 0 atom stereocenters. The summed E-state index contributed by atoms with van der Waals surface area (Å²) in [4.78, 5) is 0. The summed E-state index contributed by atoms with van der Waals surface area (Å²) in [6.07, 6.45) is 3.52. The molecule has 0 aliphatic rings. The highest BCUT2D eigenvalue weighted by molar-refractivity contribution is 6.93. The Hall–Kier alpha value is -0.863. The van der Waals surface area contributed by atoms with Gasteiger partial charge < -0.3 is 5.11 Å². The monoisotopic (exact) mass is 221 g/mol. The summed E-state index contributed by atoms with van der Waals surface area (Å²) < 4.78 is 8.13. The largest absolute Gasteiger partial charge is 0.396 e. The van der Waals surface area contributed by atoms with E-state index >= 15 is 0 Å². The van der Waals surface area contributed by atoms with Crippen molar-refractivity contribution in [3.05, 3.63) is 42.1 Å². The van der Waals surface area contributed by atoms with Gasteiger partial charge in [0.1, 0.15) is 8.07 Å². The molecule has 2 heteroatoms. The number of allylic oxidation sites excluding steroid dienone is 1. The lowest BCUT2D eigenvalue weighted by atomic mass is 10.3. The third-order valence-electron chi connectivity index (χ3n) is 2.46. The van der Waals surface area contributed by atoms with Gasteiger partial charge in [0, 0.05) is 6.61 Å². The van der Waals surface area contributed by atoms with E-state index in [-0.39, 0.29) is 6.61 Å². The molecule has 0 saturated carbocycles. The van der Waals surface area contributed by atoms with Crippen LogP contribution in [0.1, 0.15) is 14.2 Å². The van der Waals surface area contributed by atoms with E-state index in [0.717, 1.165) is 18.5 Å². The second-order valence-corrected chi connectivity index (χ2v) is 8.32. The van der Waals surface area contributed by atoms with E-state index in [1.807, 2.05) is 24.3 Å². The van der Waals surface area contributed by atoms with Crippen LogP contribution in [0.25, 0.3) is 0 Å². The van der Waals surface area contributed by atoms with E-state index in [4.69, 9.17) is 6.48 Å². The van der Waals surface area contributed by atoms with Crippen molar-refractivity contribution >= 4 is 13.3 Å². The van der Waals surface area contributed by atoms with Gasteiger partial charge in [-0.2, -0.15) is 0 Å². The zero-order valence-electron chi connectivity index (χ0n) is 10.5. The summed E-state index contributed by atoms with van der Waals surface area (Å²) in [7, 11) is -1.79. The number of aliphatic hydroxyl groups excluding tert-OH is 1. The number of aliphatic hydroxyl groups is 1. The van der Waals surface area contributed by atoms with Gasteiger partial charge in [-0.3, -0.25) is 0 Å². The number of rotatable bonds is 5. The molecule has 0 radical (unpaired) electrons. The van der Waals surface area contributed by atoms with Crippen molar-refractivity contribution in [3.8, 4) is 0 Å². The zero-order chi connectivity index (χ0) is 12.0. The second kappa shape index (κ2) is 5.88. The smallest absolute Gasteiger partial charge is 0.103 e. The van der Waals surface area contributed by atoms with Crippen LogP contribution >= 0.6 is 0 Å². The number of unbranched alkanes of at least 4 members (excludes halogenated alkanes) is 1. The minimum atomic E-state index is -1.79. The van der Waals surface area contributed by atoms with E-state index in [1.165, 1.54) is 5.19 Å². The third kappa shape index (κ3) is 4.02. The lowest BCUT2D eigenvalue weighted by Crippen LogP contribution is -2.39. The minimum Gasteiger partial charge on any atom is -0.396 e. The Bertz CT molecular complexity index is 346. The Kier molecular flexibility index (Phi) is 4.18. The van der Waals surface area contributed by atoms with Crippen LogP contribution in [-0.2, 0) is 0 Å². The Morgan fingerprint density at radius 3 is 2.60 bits per heavy atom. The predicted molar refractivity (Wildman–Crippen MR) is 69.0 cm³/mol. The van der Waals surface area contributed by atoms with Crippen LogP contribution in [0.4, 0.5) is 0 Å². The summed E-state index contributed by atoms with van der Waals surface area (Å²) in [5.41, 5.74) is 0.757. The quantitative estimate of drug-likeness (QED) is 0.598. The Morgan fingerprint density at radius 2 is 2.00 bits per heavy atom. The second-order valence-electron chi connectivity index (χ2n) is 4.21. The molecule has 0 amide bonds. The first kappa shape index (κ1) is 10.6. The molecule has 1 aromatic rings. The number of benzene rings is 1. The molecule has 82 valence electrons. The molecule has 1 N–H and O–H groups in total. The molecule has 0 aliphatic carbocycles. The van der Waals surface area contributed by atoms with Crippen molar-refractivity contribution in [2.75, 3.05) is 6.61 Å². The van der Waals surface area contributed by atoms with Crippen molar-refractivity contribution in [1.29, 1.82) is 0 Å². The van der Waals surface area contributed by atoms with Crippen LogP contribution in [0.5, 0.6) is 0 Å². The van der Waals surface area contributed by atoms with E-state index < -0.39 is 8.07 Å². The van der Waals surface area contributed by atoms with Crippen molar-refractivity contribution in [1.82, 2.24) is 0 Å². The van der Waals surface area contributed by atoms with Gasteiger partial charge in [0.05, 0.1) is 1.37 Å². The number of hydrogen-bond donors (Lipinski definition) is 1. The predicted octanol–water partition coefficient (Wildman–Crippen LogP) is 2.47. The topological polar surface area (TPSA) is 20.2 Å². The van der Waals surface area contributed by atoms with Crippen molar-refractivity contribution in [3.63, 3.8) is 0 Å². The average molecular weight is 221 g/mol. The lowest BCUT2D eigenvalue weighted by molar-refractivity contribution is 0.289. The maximum absolute atomic E-state index is 8.72. The molecule has 15 heavy (non-hydrogen) atoms. The molecule has 0 aromatic heterocycles. The highest BCUT2D eigenvalue weighted by Gasteiger charge is 2.18. The molecule has 0 bridgehead atoms. The van der Waals surface area contributed by atoms with Gasteiger partial charge in [-0.1, -0.05) is 60.4 Å². The van der Waals surface area contributed by atoms with E-state index in [0.29, 0.717) is 0 Å². The fourth-order valence-corrected chi connectivity index (χ4v) is 3.31. The van der Waals surface area contributed by atoms with E-state index in [9.17, 15) is 0 Å². The first-order valence-electron chi connectivity index (χ1n) is 5.92. The fraction of sp³-hybridized carbons (Fsp3) is 0.385. The van der Waals surface area contributed by atoms with Crippen LogP contribution < -0.4 is 5.19 Å². The Balaban J connectivity index is 2.81. The summed E-state index contributed by atoms with van der Waals surface area (Å²) in [5, 5.41) is 10.0. The van der Waals surface area contributed by atoms with Crippen LogP contribution in [0.2, 0.25) is 13.1 Å². The number of hydrogen-bond acceptors (Lipinski definition) is 1. The maximum Gasteiger partial charge on any atom is 0.103 e. The molecule has 0 aliphatic heterocycles. The van der Waals surface area contributed by atoms with E-state index in [2.05, 4.69) is 25.2 Å². The van der Waals surface area contributed by atoms with Crippen LogP contribution in [0, 0.1) is 0 Å². The van der Waals surface area contributed by atoms with Gasteiger partial charge in [-0.05, 0) is 12.8 Å². The first-order chi connectivity index (χ1) is 7.59. The Morgan fingerprint density at radius 1 is 1.33 bits per heavy atom. The zero-order valence-corrected chi connectivity index (χ0v) is 10.5. The molecule has 1 rings (SSSR count). The van der Waals surface area contributed by atoms with E-state index in [1.54, 1.807) is 0 Å². The van der Waals surface area contributed by atoms with Crippen LogP contribution in [0.15, 0.2) is 42.1 Å². The van der Waals surface area contributed by atoms with Gasteiger partial charge >= 0.3 is 0 Å². The molecule has 0 spiro atoms. The van der Waals surface area contributed by atoms with Crippen molar-refractivity contribution in [2.24, 2.45) is 0 Å². The standard InChI is InChI=1S/C13H20OSi/c1-15(2,12-8-4-7-11-14)13-9-5-3-6-10-13/h3,5-6,8-10,12,14H,4,7,11H2,1-2H3/b12-8-/i12D. The lowest BCUT2D eigenvalue weighted by Gasteiger charge is -2.18. The normalized spacial score (nSPS) is 13.8. The summed E-state index contributed by atoms with van der Waals surface area (Å²) in [6.45, 7) is 4.59.